The molecular formula is C18H17N3O3. The monoisotopic (exact) mass is 323 g/mol. The van der Waals surface area contributed by atoms with E-state index in [4.69, 9.17) is 5.11 Å². The highest BCUT2D eigenvalue weighted by Crippen LogP contribution is 2.32. The molecule has 0 spiro atoms. The summed E-state index contributed by atoms with van der Waals surface area (Å²) in [6, 6.07) is 13.5. The van der Waals surface area contributed by atoms with E-state index in [9.17, 15) is 9.59 Å². The quantitative estimate of drug-likeness (QED) is 0.692. The number of aromatic nitrogens is 2. The van der Waals surface area contributed by atoms with E-state index < -0.39 is 6.09 Å². The molecule has 3 N–H and O–H groups in total. The molecule has 6 heteroatoms. The molecule has 6 nitrogen and oxygen atoms in total. The minimum Gasteiger partial charge on any atom is -0.465 e. The van der Waals surface area contributed by atoms with Gasteiger partial charge in [-0.05, 0) is 41.7 Å². The lowest BCUT2D eigenvalue weighted by atomic mass is 10.0. The van der Waals surface area contributed by atoms with Crippen molar-refractivity contribution in [3.8, 4) is 0 Å². The Balaban J connectivity index is 1.69. The standard InChI is InChI=1S/C18H17N3O3/c22-17-19-15-3-1-2-4-16(15)21(17)10-11-5-6-12-7-8-14(13(12)9-11)20-18(23)24/h1-6,9,14,20H,7-8,10H2,(H,19,22)(H,23,24). The van der Waals surface area contributed by atoms with Gasteiger partial charge in [0.2, 0.25) is 0 Å². The van der Waals surface area contributed by atoms with Gasteiger partial charge in [0.05, 0.1) is 23.6 Å². The van der Waals surface area contributed by atoms with Crippen molar-refractivity contribution in [1.82, 2.24) is 14.9 Å². The molecule has 122 valence electrons. The third kappa shape index (κ3) is 2.46. The summed E-state index contributed by atoms with van der Waals surface area (Å²) < 4.78 is 1.70. The van der Waals surface area contributed by atoms with Crippen LogP contribution >= 0.6 is 0 Å². The number of nitrogens with one attached hydrogen (secondary N) is 2. The Morgan fingerprint density at radius 2 is 2.12 bits per heavy atom. The average molecular weight is 323 g/mol. The van der Waals surface area contributed by atoms with Crippen LogP contribution in [0.15, 0.2) is 47.3 Å². The van der Waals surface area contributed by atoms with E-state index >= 15 is 0 Å². The predicted octanol–water partition coefficient (Wildman–Crippen LogP) is 2.63. The highest BCUT2D eigenvalue weighted by Gasteiger charge is 2.24. The fourth-order valence-corrected chi connectivity index (χ4v) is 3.50. The zero-order valence-corrected chi connectivity index (χ0v) is 13.0. The number of carboxylic acid groups (broad SMARTS) is 1. The normalized spacial score (nSPS) is 16.2. The Labute approximate surface area is 137 Å². The average Bonchev–Trinajstić information content (AvgIpc) is 3.09. The Bertz CT molecular complexity index is 987. The third-order valence-corrected chi connectivity index (χ3v) is 4.61. The molecule has 1 atom stereocenters. The molecule has 3 aromatic rings. The minimum atomic E-state index is -1.01. The van der Waals surface area contributed by atoms with Crippen molar-refractivity contribution < 1.29 is 9.90 Å². The van der Waals surface area contributed by atoms with Gasteiger partial charge in [0.1, 0.15) is 0 Å². The second-order valence-corrected chi connectivity index (χ2v) is 6.11. The van der Waals surface area contributed by atoms with Crippen LogP contribution in [-0.4, -0.2) is 20.8 Å². The number of hydrogen-bond donors (Lipinski definition) is 3. The summed E-state index contributed by atoms with van der Waals surface area (Å²) in [5.41, 5.74) is 4.71. The highest BCUT2D eigenvalue weighted by molar-refractivity contribution is 5.75. The number of rotatable bonds is 3. The van der Waals surface area contributed by atoms with Gasteiger partial charge in [-0.25, -0.2) is 9.59 Å². The minimum absolute atomic E-state index is 0.142. The van der Waals surface area contributed by atoms with E-state index in [1.807, 2.05) is 42.5 Å². The van der Waals surface area contributed by atoms with Crippen molar-refractivity contribution in [3.63, 3.8) is 0 Å². The first-order valence-electron chi connectivity index (χ1n) is 7.90. The predicted molar refractivity (Wildman–Crippen MR) is 90.3 cm³/mol. The van der Waals surface area contributed by atoms with Gasteiger partial charge in [-0.2, -0.15) is 0 Å². The van der Waals surface area contributed by atoms with Gasteiger partial charge in [-0.1, -0.05) is 30.3 Å². The van der Waals surface area contributed by atoms with Gasteiger partial charge in [-0.3, -0.25) is 4.57 Å². The molecular weight excluding hydrogens is 306 g/mol. The number of hydrogen-bond acceptors (Lipinski definition) is 2. The smallest absolute Gasteiger partial charge is 0.405 e. The Hall–Kier alpha value is -3.02. The first-order chi connectivity index (χ1) is 11.6. The maximum atomic E-state index is 12.2. The molecule has 1 unspecified atom stereocenters. The number of benzene rings is 2. The van der Waals surface area contributed by atoms with Gasteiger partial charge in [-0.15, -0.1) is 0 Å². The number of aromatic amines is 1. The first kappa shape index (κ1) is 14.6. The molecule has 2 aromatic carbocycles. The lowest BCUT2D eigenvalue weighted by Gasteiger charge is -2.13. The summed E-state index contributed by atoms with van der Waals surface area (Å²) in [7, 11) is 0. The molecule has 0 saturated carbocycles. The summed E-state index contributed by atoms with van der Waals surface area (Å²) in [5, 5.41) is 11.5. The van der Waals surface area contributed by atoms with Crippen LogP contribution in [0.4, 0.5) is 4.79 Å². The van der Waals surface area contributed by atoms with Crippen molar-refractivity contribution in [3.05, 3.63) is 69.6 Å². The molecule has 1 aromatic heterocycles. The zero-order valence-electron chi connectivity index (χ0n) is 13.0. The number of nitrogens with zero attached hydrogens (tertiary/aromatic N) is 1. The second-order valence-electron chi connectivity index (χ2n) is 6.11. The Morgan fingerprint density at radius 1 is 1.29 bits per heavy atom. The van der Waals surface area contributed by atoms with Gasteiger partial charge < -0.3 is 15.4 Å². The molecule has 1 heterocycles. The van der Waals surface area contributed by atoms with Crippen molar-refractivity contribution in [2.75, 3.05) is 0 Å². The maximum absolute atomic E-state index is 12.2. The summed E-state index contributed by atoms with van der Waals surface area (Å²) in [5.74, 6) is 0. The summed E-state index contributed by atoms with van der Waals surface area (Å²) in [6.07, 6.45) is 0.636. The molecule has 0 radical (unpaired) electrons. The largest absolute Gasteiger partial charge is 0.465 e. The highest BCUT2D eigenvalue weighted by atomic mass is 16.4. The number of fused-ring (bicyclic) bond motifs is 2. The van der Waals surface area contributed by atoms with Crippen LogP contribution < -0.4 is 11.0 Å². The van der Waals surface area contributed by atoms with Gasteiger partial charge in [0.15, 0.2) is 0 Å². The van der Waals surface area contributed by atoms with E-state index in [0.29, 0.717) is 6.54 Å². The number of para-hydroxylation sites is 2. The number of imidazole rings is 1. The molecule has 1 amide bonds. The summed E-state index contributed by atoms with van der Waals surface area (Å²) in [6.45, 7) is 0.454. The maximum Gasteiger partial charge on any atom is 0.405 e. The van der Waals surface area contributed by atoms with Gasteiger partial charge >= 0.3 is 11.8 Å². The summed E-state index contributed by atoms with van der Waals surface area (Å²) in [4.78, 5) is 26.0. The SMILES string of the molecule is O=C(O)NC1CCc2ccc(Cn3c(=O)[nH]c4ccccc43)cc21. The van der Waals surface area contributed by atoms with Crippen LogP contribution in [0.3, 0.4) is 0 Å². The number of amides is 1. The van der Waals surface area contributed by atoms with Gasteiger partial charge in [0, 0.05) is 0 Å². The lowest BCUT2D eigenvalue weighted by molar-refractivity contribution is 0.190. The molecule has 1 aliphatic carbocycles. The molecule has 0 fully saturated rings. The van der Waals surface area contributed by atoms with E-state index in [1.165, 1.54) is 5.56 Å². The van der Waals surface area contributed by atoms with Crippen LogP contribution in [0.5, 0.6) is 0 Å². The van der Waals surface area contributed by atoms with Crippen LogP contribution in [-0.2, 0) is 13.0 Å². The third-order valence-electron chi connectivity index (χ3n) is 4.61. The van der Waals surface area contributed by atoms with E-state index in [2.05, 4.69) is 10.3 Å². The lowest BCUT2D eigenvalue weighted by Crippen LogP contribution is -2.25. The van der Waals surface area contributed by atoms with E-state index in [-0.39, 0.29) is 11.7 Å². The van der Waals surface area contributed by atoms with Crippen LogP contribution in [0.25, 0.3) is 11.0 Å². The Morgan fingerprint density at radius 3 is 2.96 bits per heavy atom. The van der Waals surface area contributed by atoms with Crippen molar-refractivity contribution >= 4 is 17.1 Å². The van der Waals surface area contributed by atoms with E-state index in [0.717, 1.165) is 35.0 Å². The number of aryl methyl sites for hydroxylation is 1. The molecule has 0 saturated heterocycles. The van der Waals surface area contributed by atoms with Gasteiger partial charge in [0.25, 0.3) is 0 Å². The second kappa shape index (κ2) is 5.56. The molecule has 24 heavy (non-hydrogen) atoms. The van der Waals surface area contributed by atoms with Crippen LogP contribution in [0, 0.1) is 0 Å². The van der Waals surface area contributed by atoms with Crippen molar-refractivity contribution in [2.24, 2.45) is 0 Å². The number of carbonyl (C=O) groups is 1. The van der Waals surface area contributed by atoms with E-state index in [1.54, 1.807) is 4.57 Å². The van der Waals surface area contributed by atoms with Crippen molar-refractivity contribution in [2.45, 2.75) is 25.4 Å². The fourth-order valence-electron chi connectivity index (χ4n) is 3.50. The number of H-pyrrole nitrogens is 1. The molecule has 4 rings (SSSR count). The topological polar surface area (TPSA) is 87.1 Å². The zero-order chi connectivity index (χ0) is 16.7. The Kier molecular flexibility index (Phi) is 3.37. The van der Waals surface area contributed by atoms with Crippen LogP contribution in [0.1, 0.15) is 29.2 Å². The first-order valence-corrected chi connectivity index (χ1v) is 7.90. The molecule has 0 aliphatic heterocycles. The van der Waals surface area contributed by atoms with Crippen LogP contribution in [0.2, 0.25) is 0 Å². The summed E-state index contributed by atoms with van der Waals surface area (Å²) >= 11 is 0. The fraction of sp³-hybridized carbons (Fsp3) is 0.222. The molecule has 1 aliphatic rings. The van der Waals surface area contributed by atoms with Crippen molar-refractivity contribution in [1.29, 1.82) is 0 Å². The molecule has 0 bridgehead atoms.